The number of nitrogens with zero attached hydrogens (tertiary/aromatic N) is 2. The Labute approximate surface area is 159 Å². The second kappa shape index (κ2) is 9.12. The fraction of sp³-hybridized carbons (Fsp3) is 0.400. The zero-order valence-electron chi connectivity index (χ0n) is 15.7. The summed E-state index contributed by atoms with van der Waals surface area (Å²) in [6.07, 6.45) is 3.09. The Kier molecular flexibility index (Phi) is 6.87. The number of rotatable bonds is 9. The van der Waals surface area contributed by atoms with Crippen LogP contribution in [0.1, 0.15) is 28.8 Å². The van der Waals surface area contributed by atoms with E-state index < -0.39 is 17.9 Å². The van der Waals surface area contributed by atoms with Crippen molar-refractivity contribution in [1.29, 1.82) is 0 Å². The van der Waals surface area contributed by atoms with E-state index in [1.807, 2.05) is 19.1 Å². The molecule has 1 saturated heterocycles. The minimum absolute atomic E-state index is 0.0748. The summed E-state index contributed by atoms with van der Waals surface area (Å²) < 4.78 is 0. The molecule has 0 saturated carbocycles. The van der Waals surface area contributed by atoms with E-state index in [4.69, 9.17) is 0 Å². The average molecular weight is 371 g/mol. The van der Waals surface area contributed by atoms with Gasteiger partial charge in [-0.1, -0.05) is 12.1 Å². The van der Waals surface area contributed by atoms with E-state index in [0.717, 1.165) is 29.2 Å². The minimum Gasteiger partial charge on any atom is -0.370 e. The predicted octanol–water partition coefficient (Wildman–Crippen LogP) is 1.31. The molecule has 1 heterocycles. The van der Waals surface area contributed by atoms with Gasteiger partial charge in [-0.05, 0) is 31.0 Å². The second-order valence-corrected chi connectivity index (χ2v) is 6.54. The fourth-order valence-electron chi connectivity index (χ4n) is 3.25. The average Bonchev–Trinajstić information content (AvgIpc) is 2.64. The van der Waals surface area contributed by atoms with Gasteiger partial charge in [0.25, 0.3) is 5.91 Å². The summed E-state index contributed by atoms with van der Waals surface area (Å²) in [5.41, 5.74) is 2.04. The van der Waals surface area contributed by atoms with Gasteiger partial charge in [-0.25, -0.2) is 0 Å². The smallest absolute Gasteiger partial charge is 0.261 e. The lowest BCUT2D eigenvalue weighted by Crippen LogP contribution is -2.49. The van der Waals surface area contributed by atoms with E-state index in [1.54, 1.807) is 12.1 Å². The van der Waals surface area contributed by atoms with Crippen LogP contribution >= 0.6 is 0 Å². The van der Waals surface area contributed by atoms with Crippen molar-refractivity contribution in [3.63, 3.8) is 0 Å². The summed E-state index contributed by atoms with van der Waals surface area (Å²) in [6, 6.07) is 4.31. The largest absolute Gasteiger partial charge is 0.370 e. The van der Waals surface area contributed by atoms with Crippen LogP contribution in [0, 0.1) is 12.8 Å². The number of carbonyl (C=O) groups excluding carboxylic acids is 4. The summed E-state index contributed by atoms with van der Waals surface area (Å²) >= 11 is 0. The molecule has 1 atom stereocenters. The zero-order chi connectivity index (χ0) is 20.0. The van der Waals surface area contributed by atoms with Gasteiger partial charge in [-0.15, -0.1) is 6.58 Å². The lowest BCUT2D eigenvalue weighted by Gasteiger charge is -2.40. The number of likely N-dealkylation sites (N-methyl/N-ethyl adjacent to an activating group) is 1. The molecule has 0 spiro atoms. The molecule has 7 heteroatoms. The van der Waals surface area contributed by atoms with Gasteiger partial charge < -0.3 is 15.0 Å². The highest BCUT2D eigenvalue weighted by molar-refractivity contribution is 6.05. The minimum atomic E-state index is -1.03. The van der Waals surface area contributed by atoms with Gasteiger partial charge in [-0.2, -0.15) is 0 Å². The van der Waals surface area contributed by atoms with Crippen molar-refractivity contribution in [2.45, 2.75) is 25.8 Å². The van der Waals surface area contributed by atoms with Crippen LogP contribution in [-0.2, 0) is 14.4 Å². The van der Waals surface area contributed by atoms with E-state index in [2.05, 4.69) is 16.8 Å². The Balaban J connectivity index is 2.30. The Morgan fingerprint density at radius 3 is 2.63 bits per heavy atom. The molecule has 3 amide bonds. The first-order valence-electron chi connectivity index (χ1n) is 8.88. The van der Waals surface area contributed by atoms with Crippen LogP contribution in [0.5, 0.6) is 0 Å². The van der Waals surface area contributed by atoms with Crippen molar-refractivity contribution in [2.75, 3.05) is 25.0 Å². The normalized spacial score (nSPS) is 14.7. The Morgan fingerprint density at radius 1 is 1.37 bits per heavy atom. The van der Waals surface area contributed by atoms with E-state index in [9.17, 15) is 19.2 Å². The van der Waals surface area contributed by atoms with E-state index in [-0.39, 0.29) is 12.8 Å². The van der Waals surface area contributed by atoms with Crippen molar-refractivity contribution in [2.24, 2.45) is 5.92 Å². The zero-order valence-corrected chi connectivity index (χ0v) is 15.7. The van der Waals surface area contributed by atoms with Gasteiger partial charge in [0, 0.05) is 43.7 Å². The molecule has 0 bridgehead atoms. The second-order valence-electron chi connectivity index (χ2n) is 6.54. The molecule has 0 aromatic heterocycles. The SMILES string of the molecule is C=CC1CN(c2cccc(C(=O)N(C=O)C(CCC=O)C(=O)NC)c2C)C1. The Morgan fingerprint density at radius 2 is 2.07 bits per heavy atom. The van der Waals surface area contributed by atoms with Gasteiger partial charge >= 0.3 is 0 Å². The number of benzene rings is 1. The molecule has 1 aliphatic rings. The van der Waals surface area contributed by atoms with Crippen LogP contribution in [-0.4, -0.2) is 55.6 Å². The van der Waals surface area contributed by atoms with E-state index in [0.29, 0.717) is 24.2 Å². The highest BCUT2D eigenvalue weighted by Crippen LogP contribution is 2.30. The lowest BCUT2D eigenvalue weighted by molar-refractivity contribution is -0.131. The van der Waals surface area contributed by atoms with Gasteiger partial charge in [0.05, 0.1) is 0 Å². The Hall–Kier alpha value is -2.96. The number of hydrogen-bond donors (Lipinski definition) is 1. The number of nitrogens with one attached hydrogen (secondary N) is 1. The van der Waals surface area contributed by atoms with Gasteiger partial charge in [-0.3, -0.25) is 19.3 Å². The van der Waals surface area contributed by atoms with Crippen LogP contribution in [0.4, 0.5) is 5.69 Å². The molecule has 0 radical (unpaired) electrons. The van der Waals surface area contributed by atoms with E-state index >= 15 is 0 Å². The molecule has 27 heavy (non-hydrogen) atoms. The van der Waals surface area contributed by atoms with Crippen molar-refractivity contribution < 1.29 is 19.2 Å². The first-order valence-corrected chi connectivity index (χ1v) is 8.88. The molecular weight excluding hydrogens is 346 g/mol. The van der Waals surface area contributed by atoms with Crippen LogP contribution in [0.3, 0.4) is 0 Å². The molecule has 1 aromatic carbocycles. The molecule has 1 unspecified atom stereocenters. The monoisotopic (exact) mass is 371 g/mol. The lowest BCUT2D eigenvalue weighted by atomic mass is 9.96. The maximum absolute atomic E-state index is 13.0. The third kappa shape index (κ3) is 4.24. The standard InChI is InChI=1S/C20H25N3O4/c1-4-15-11-22(12-15)17-8-5-7-16(14(17)2)20(27)23(13-25)18(9-6-10-24)19(26)21-3/h4-5,7-8,10,13,15,18H,1,6,9,11-12H2,2-3H3,(H,21,26). The highest BCUT2D eigenvalue weighted by atomic mass is 16.2. The number of amides is 3. The van der Waals surface area contributed by atoms with Crippen LogP contribution in [0.2, 0.25) is 0 Å². The van der Waals surface area contributed by atoms with Crippen molar-refractivity contribution >= 4 is 30.2 Å². The van der Waals surface area contributed by atoms with Crippen molar-refractivity contribution in [1.82, 2.24) is 10.2 Å². The molecule has 2 rings (SSSR count). The molecule has 1 N–H and O–H groups in total. The maximum Gasteiger partial charge on any atom is 0.261 e. The van der Waals surface area contributed by atoms with Gasteiger partial charge in [0.15, 0.2) is 0 Å². The third-order valence-electron chi connectivity index (χ3n) is 4.91. The van der Waals surface area contributed by atoms with Crippen molar-refractivity contribution in [3.05, 3.63) is 42.0 Å². The number of carbonyl (C=O) groups is 4. The summed E-state index contributed by atoms with van der Waals surface area (Å²) in [7, 11) is 1.43. The molecule has 1 aliphatic heterocycles. The molecule has 144 valence electrons. The predicted molar refractivity (Wildman–Crippen MR) is 102 cm³/mol. The molecule has 7 nitrogen and oxygen atoms in total. The first kappa shape index (κ1) is 20.4. The van der Waals surface area contributed by atoms with Crippen LogP contribution in [0.15, 0.2) is 30.9 Å². The third-order valence-corrected chi connectivity index (χ3v) is 4.91. The van der Waals surface area contributed by atoms with Crippen LogP contribution < -0.4 is 10.2 Å². The number of imide groups is 1. The first-order chi connectivity index (χ1) is 13.0. The molecular formula is C20H25N3O4. The summed E-state index contributed by atoms with van der Waals surface area (Å²) in [5.74, 6) is -0.608. The summed E-state index contributed by atoms with van der Waals surface area (Å²) in [6.45, 7) is 7.29. The number of anilines is 1. The van der Waals surface area contributed by atoms with Gasteiger partial charge in [0.1, 0.15) is 12.3 Å². The fourth-order valence-corrected chi connectivity index (χ4v) is 3.25. The maximum atomic E-state index is 13.0. The molecule has 1 aromatic rings. The summed E-state index contributed by atoms with van der Waals surface area (Å²) in [4.78, 5) is 50.5. The van der Waals surface area contributed by atoms with Crippen molar-refractivity contribution in [3.8, 4) is 0 Å². The Bertz CT molecular complexity index is 741. The quantitative estimate of drug-likeness (QED) is 0.522. The number of aldehydes is 1. The highest BCUT2D eigenvalue weighted by Gasteiger charge is 2.32. The summed E-state index contributed by atoms with van der Waals surface area (Å²) in [5, 5.41) is 2.44. The number of hydrogen-bond acceptors (Lipinski definition) is 5. The van der Waals surface area contributed by atoms with Gasteiger partial charge in [0.2, 0.25) is 12.3 Å². The topological polar surface area (TPSA) is 86.8 Å². The molecule has 1 fully saturated rings. The van der Waals surface area contributed by atoms with Crippen LogP contribution in [0.25, 0.3) is 0 Å². The van der Waals surface area contributed by atoms with E-state index in [1.165, 1.54) is 7.05 Å². The molecule has 0 aliphatic carbocycles.